The highest BCUT2D eigenvalue weighted by molar-refractivity contribution is 5.74. The number of halogens is 3. The summed E-state index contributed by atoms with van der Waals surface area (Å²) >= 11 is 0. The lowest BCUT2D eigenvalue weighted by Crippen LogP contribution is -2.48. The molecule has 2 rings (SSSR count). The number of carbonyl (C=O) groups is 1. The number of hydrogen-bond acceptors (Lipinski definition) is 2. The Bertz CT molecular complexity index is 555. The summed E-state index contributed by atoms with van der Waals surface area (Å²) in [6.45, 7) is 2.94. The largest absolute Gasteiger partial charge is 0.416 e. The van der Waals surface area contributed by atoms with Crippen LogP contribution in [-0.2, 0) is 12.6 Å². The standard InChI is InChI=1S/C17H23F3N2O2/c1-12(10-14-4-2-3-5-15(14)17(18,19)20)21-16(24)22-8-6-13(11-23)7-9-22/h2-5,12-13,23H,6-11H2,1H3,(H,21,24)/t12-/m1/s1. The minimum atomic E-state index is -4.40. The fourth-order valence-corrected chi connectivity index (χ4v) is 2.98. The summed E-state index contributed by atoms with van der Waals surface area (Å²) < 4.78 is 39.0. The van der Waals surface area contributed by atoms with Crippen molar-refractivity contribution in [3.63, 3.8) is 0 Å². The van der Waals surface area contributed by atoms with Gasteiger partial charge in [-0.05, 0) is 43.7 Å². The molecule has 1 aliphatic heterocycles. The van der Waals surface area contributed by atoms with Crippen LogP contribution in [0.3, 0.4) is 0 Å². The molecule has 4 nitrogen and oxygen atoms in total. The zero-order valence-corrected chi connectivity index (χ0v) is 13.6. The third-order valence-electron chi connectivity index (χ3n) is 4.38. The van der Waals surface area contributed by atoms with E-state index in [0.29, 0.717) is 13.1 Å². The van der Waals surface area contributed by atoms with Gasteiger partial charge in [-0.15, -0.1) is 0 Å². The molecule has 1 fully saturated rings. The maximum Gasteiger partial charge on any atom is 0.416 e. The van der Waals surface area contributed by atoms with E-state index >= 15 is 0 Å². The Kier molecular flexibility index (Phi) is 6.10. The first kappa shape index (κ1) is 18.6. The summed E-state index contributed by atoms with van der Waals surface area (Å²) in [5.74, 6) is 0.227. The smallest absolute Gasteiger partial charge is 0.396 e. The maximum absolute atomic E-state index is 13.0. The van der Waals surface area contributed by atoms with Gasteiger partial charge in [0.2, 0.25) is 0 Å². The monoisotopic (exact) mass is 344 g/mol. The summed E-state index contributed by atoms with van der Waals surface area (Å²) in [6.07, 6.45) is -2.79. The highest BCUT2D eigenvalue weighted by atomic mass is 19.4. The topological polar surface area (TPSA) is 52.6 Å². The molecule has 0 radical (unpaired) electrons. The van der Waals surface area contributed by atoms with Gasteiger partial charge in [-0.1, -0.05) is 18.2 Å². The lowest BCUT2D eigenvalue weighted by molar-refractivity contribution is -0.138. The van der Waals surface area contributed by atoms with E-state index in [9.17, 15) is 18.0 Å². The molecular formula is C17H23F3N2O2. The number of piperidine rings is 1. The summed E-state index contributed by atoms with van der Waals surface area (Å²) in [5.41, 5.74) is -0.480. The number of benzene rings is 1. The SMILES string of the molecule is C[C@H](Cc1ccccc1C(F)(F)F)NC(=O)N1CCC(CO)CC1. The van der Waals surface area contributed by atoms with Crippen LogP contribution in [0, 0.1) is 5.92 Å². The van der Waals surface area contributed by atoms with Gasteiger partial charge in [-0.25, -0.2) is 4.79 Å². The van der Waals surface area contributed by atoms with Crippen LogP contribution in [0.4, 0.5) is 18.0 Å². The Labute approximate surface area is 139 Å². The quantitative estimate of drug-likeness (QED) is 0.882. The van der Waals surface area contributed by atoms with Gasteiger partial charge in [0.1, 0.15) is 0 Å². The van der Waals surface area contributed by atoms with Crippen molar-refractivity contribution in [3.05, 3.63) is 35.4 Å². The molecule has 2 amide bonds. The molecule has 0 spiro atoms. The zero-order chi connectivity index (χ0) is 17.7. The molecule has 1 aliphatic rings. The Balaban J connectivity index is 1.92. The number of likely N-dealkylation sites (tertiary alicyclic amines) is 1. The van der Waals surface area contributed by atoms with Gasteiger partial charge < -0.3 is 15.3 Å². The Morgan fingerprint density at radius 3 is 2.54 bits per heavy atom. The van der Waals surface area contributed by atoms with Crippen molar-refractivity contribution in [3.8, 4) is 0 Å². The van der Waals surface area contributed by atoms with Crippen molar-refractivity contribution in [1.82, 2.24) is 10.2 Å². The van der Waals surface area contributed by atoms with Gasteiger partial charge in [0, 0.05) is 25.7 Å². The molecule has 1 aromatic carbocycles. The molecule has 0 aliphatic carbocycles. The van der Waals surface area contributed by atoms with Crippen molar-refractivity contribution in [2.75, 3.05) is 19.7 Å². The normalized spacial score (nSPS) is 17.6. The lowest BCUT2D eigenvalue weighted by Gasteiger charge is -2.32. The molecule has 1 saturated heterocycles. The lowest BCUT2D eigenvalue weighted by atomic mass is 9.98. The first-order valence-electron chi connectivity index (χ1n) is 8.12. The van der Waals surface area contributed by atoms with Crippen LogP contribution in [0.5, 0.6) is 0 Å². The first-order chi connectivity index (χ1) is 11.3. The van der Waals surface area contributed by atoms with Crippen LogP contribution >= 0.6 is 0 Å². The second-order valence-corrected chi connectivity index (χ2v) is 6.32. The van der Waals surface area contributed by atoms with Crippen LogP contribution in [-0.4, -0.2) is 41.8 Å². The number of carbonyl (C=O) groups excluding carboxylic acids is 1. The molecule has 0 bridgehead atoms. The minimum absolute atomic E-state index is 0.120. The second-order valence-electron chi connectivity index (χ2n) is 6.32. The van der Waals surface area contributed by atoms with E-state index in [1.807, 2.05) is 0 Å². The minimum Gasteiger partial charge on any atom is -0.396 e. The third-order valence-corrected chi connectivity index (χ3v) is 4.38. The molecule has 0 unspecified atom stereocenters. The summed E-state index contributed by atoms with van der Waals surface area (Å²) in [4.78, 5) is 13.9. The molecule has 7 heteroatoms. The maximum atomic E-state index is 13.0. The van der Waals surface area contributed by atoms with E-state index in [-0.39, 0.29) is 30.5 Å². The number of aliphatic hydroxyl groups excluding tert-OH is 1. The van der Waals surface area contributed by atoms with Crippen molar-refractivity contribution in [2.24, 2.45) is 5.92 Å². The van der Waals surface area contributed by atoms with E-state index in [1.54, 1.807) is 17.9 Å². The fourth-order valence-electron chi connectivity index (χ4n) is 2.98. The van der Waals surface area contributed by atoms with Gasteiger partial charge in [0.05, 0.1) is 5.56 Å². The van der Waals surface area contributed by atoms with Crippen molar-refractivity contribution in [1.29, 1.82) is 0 Å². The van der Waals surface area contributed by atoms with Crippen LogP contribution in [0.15, 0.2) is 24.3 Å². The number of nitrogens with zero attached hydrogens (tertiary/aromatic N) is 1. The Morgan fingerprint density at radius 1 is 1.33 bits per heavy atom. The van der Waals surface area contributed by atoms with E-state index in [1.165, 1.54) is 12.1 Å². The van der Waals surface area contributed by atoms with Crippen LogP contribution in [0.1, 0.15) is 30.9 Å². The molecule has 24 heavy (non-hydrogen) atoms. The van der Waals surface area contributed by atoms with E-state index < -0.39 is 17.8 Å². The van der Waals surface area contributed by atoms with Gasteiger partial charge in [-0.2, -0.15) is 13.2 Å². The average Bonchev–Trinajstić information content (AvgIpc) is 2.54. The Morgan fingerprint density at radius 2 is 1.96 bits per heavy atom. The summed E-state index contributed by atoms with van der Waals surface area (Å²) in [5, 5.41) is 11.9. The number of amides is 2. The molecular weight excluding hydrogens is 321 g/mol. The highest BCUT2D eigenvalue weighted by Gasteiger charge is 2.33. The summed E-state index contributed by atoms with van der Waals surface area (Å²) in [6, 6.07) is 4.77. The Hall–Kier alpha value is -1.76. The number of alkyl halides is 3. The number of rotatable bonds is 4. The molecule has 1 aromatic rings. The summed E-state index contributed by atoms with van der Waals surface area (Å²) in [7, 11) is 0. The number of nitrogens with one attached hydrogen (secondary N) is 1. The van der Waals surface area contributed by atoms with Crippen molar-refractivity contribution in [2.45, 2.75) is 38.4 Å². The van der Waals surface area contributed by atoms with Crippen LogP contribution in [0.2, 0.25) is 0 Å². The van der Waals surface area contributed by atoms with Gasteiger partial charge >= 0.3 is 12.2 Å². The first-order valence-corrected chi connectivity index (χ1v) is 8.12. The predicted octanol–water partition coefficient (Wildman–Crippen LogP) is 3.05. The van der Waals surface area contributed by atoms with E-state index in [2.05, 4.69) is 5.32 Å². The van der Waals surface area contributed by atoms with Gasteiger partial charge in [0.25, 0.3) is 0 Å². The molecule has 0 aromatic heterocycles. The molecule has 1 atom stereocenters. The zero-order valence-electron chi connectivity index (χ0n) is 13.6. The van der Waals surface area contributed by atoms with E-state index in [0.717, 1.165) is 18.9 Å². The fraction of sp³-hybridized carbons (Fsp3) is 0.588. The molecule has 2 N–H and O–H groups in total. The van der Waals surface area contributed by atoms with Crippen molar-refractivity contribution >= 4 is 6.03 Å². The number of hydrogen-bond donors (Lipinski definition) is 2. The molecule has 0 saturated carbocycles. The number of aliphatic hydroxyl groups is 1. The van der Waals surface area contributed by atoms with Crippen LogP contribution < -0.4 is 5.32 Å². The van der Waals surface area contributed by atoms with E-state index in [4.69, 9.17) is 5.11 Å². The van der Waals surface area contributed by atoms with Gasteiger partial charge in [0.15, 0.2) is 0 Å². The predicted molar refractivity (Wildman–Crippen MR) is 84.5 cm³/mol. The van der Waals surface area contributed by atoms with Crippen LogP contribution in [0.25, 0.3) is 0 Å². The average molecular weight is 344 g/mol. The second kappa shape index (κ2) is 7.88. The van der Waals surface area contributed by atoms with Gasteiger partial charge in [-0.3, -0.25) is 0 Å². The molecule has 1 heterocycles. The molecule has 134 valence electrons. The van der Waals surface area contributed by atoms with Crippen molar-refractivity contribution < 1.29 is 23.1 Å². The third kappa shape index (κ3) is 4.87. The number of urea groups is 1. The highest BCUT2D eigenvalue weighted by Crippen LogP contribution is 2.32.